The van der Waals surface area contributed by atoms with Gasteiger partial charge in [0.2, 0.25) is 0 Å². The summed E-state index contributed by atoms with van der Waals surface area (Å²) in [4.78, 5) is 15.7. The molecule has 0 atom stereocenters. The van der Waals surface area contributed by atoms with Crippen molar-refractivity contribution in [2.75, 3.05) is 44.9 Å². The van der Waals surface area contributed by atoms with Crippen LogP contribution in [0.2, 0.25) is 0 Å². The van der Waals surface area contributed by atoms with Crippen LogP contribution in [0, 0.1) is 13.8 Å². The summed E-state index contributed by atoms with van der Waals surface area (Å²) in [7, 11) is 1.73. The van der Waals surface area contributed by atoms with Crippen molar-refractivity contribution in [1.82, 2.24) is 14.8 Å². The van der Waals surface area contributed by atoms with Gasteiger partial charge in [-0.15, -0.1) is 0 Å². The van der Waals surface area contributed by atoms with Crippen LogP contribution in [-0.4, -0.2) is 65.8 Å². The Balaban J connectivity index is 1.51. The van der Waals surface area contributed by atoms with Gasteiger partial charge in [-0.05, 0) is 50.5 Å². The number of benzene rings is 1. The molecule has 1 saturated carbocycles. The zero-order chi connectivity index (χ0) is 21.1. The van der Waals surface area contributed by atoms with E-state index in [1.807, 2.05) is 17.8 Å². The highest BCUT2D eigenvalue weighted by Gasteiger charge is 2.40. The lowest BCUT2D eigenvalue weighted by atomic mass is 9.94. The normalized spacial score (nSPS) is 19.4. The van der Waals surface area contributed by atoms with Gasteiger partial charge in [0.25, 0.3) is 5.91 Å². The minimum Gasteiger partial charge on any atom is -0.383 e. The molecule has 1 aliphatic carbocycles. The number of hydrogen-bond donors (Lipinski definition) is 1. The van der Waals surface area contributed by atoms with Crippen molar-refractivity contribution in [2.24, 2.45) is 0 Å². The lowest BCUT2D eigenvalue weighted by Gasteiger charge is -2.43. The van der Waals surface area contributed by atoms with Gasteiger partial charge in [0.05, 0.1) is 6.61 Å². The molecule has 2 fully saturated rings. The smallest absolute Gasteiger partial charge is 0.251 e. The summed E-state index contributed by atoms with van der Waals surface area (Å²) < 4.78 is 7.56. The van der Waals surface area contributed by atoms with Gasteiger partial charge in [-0.1, -0.05) is 12.8 Å². The predicted octanol–water partition coefficient (Wildman–Crippen LogP) is 4.00. The molecule has 164 valence electrons. The Morgan fingerprint density at radius 1 is 1.20 bits per heavy atom. The van der Waals surface area contributed by atoms with Crippen LogP contribution in [0.5, 0.6) is 0 Å². The number of aryl methyl sites for hydroxylation is 1. The quantitative estimate of drug-likeness (QED) is 0.723. The average Bonchev–Trinajstić information content (AvgIpc) is 3.36. The first kappa shape index (κ1) is 21.7. The van der Waals surface area contributed by atoms with Crippen molar-refractivity contribution in [3.63, 3.8) is 0 Å². The highest BCUT2D eigenvalue weighted by molar-refractivity contribution is 7.99. The molecular weight excluding hydrogens is 394 g/mol. The predicted molar refractivity (Wildman–Crippen MR) is 126 cm³/mol. The first-order valence-electron chi connectivity index (χ1n) is 11.3. The summed E-state index contributed by atoms with van der Waals surface area (Å²) in [5.74, 6) is 2.48. The second-order valence-electron chi connectivity index (χ2n) is 8.80. The van der Waals surface area contributed by atoms with Crippen molar-refractivity contribution in [2.45, 2.75) is 51.6 Å². The average molecular weight is 430 g/mol. The fourth-order valence-corrected chi connectivity index (χ4v) is 6.19. The minimum atomic E-state index is 0.0521. The van der Waals surface area contributed by atoms with E-state index >= 15 is 0 Å². The van der Waals surface area contributed by atoms with Gasteiger partial charge in [0, 0.05) is 72.5 Å². The molecule has 2 aromatic rings. The number of carbonyl (C=O) groups excluding carboxylic acids is 1. The lowest BCUT2D eigenvalue weighted by molar-refractivity contribution is 0.0817. The number of aromatic nitrogens is 1. The van der Waals surface area contributed by atoms with Crippen LogP contribution in [0.1, 0.15) is 47.3 Å². The van der Waals surface area contributed by atoms with Crippen LogP contribution < -0.4 is 5.32 Å². The van der Waals surface area contributed by atoms with E-state index in [4.69, 9.17) is 4.74 Å². The van der Waals surface area contributed by atoms with Gasteiger partial charge >= 0.3 is 0 Å². The Morgan fingerprint density at radius 2 is 1.93 bits per heavy atom. The number of thioether (sulfide) groups is 1. The van der Waals surface area contributed by atoms with Crippen LogP contribution in [0.3, 0.4) is 0 Å². The Morgan fingerprint density at radius 3 is 2.63 bits per heavy atom. The van der Waals surface area contributed by atoms with Crippen LogP contribution in [0.25, 0.3) is 10.9 Å². The molecular formula is C24H35N3O2S. The zero-order valence-corrected chi connectivity index (χ0v) is 19.4. The first-order valence-corrected chi connectivity index (χ1v) is 12.4. The van der Waals surface area contributed by atoms with Crippen LogP contribution in [0.15, 0.2) is 18.2 Å². The molecule has 1 N–H and O–H groups in total. The summed E-state index contributed by atoms with van der Waals surface area (Å²) in [5, 5.41) is 4.47. The maximum absolute atomic E-state index is 13.1. The van der Waals surface area contributed by atoms with E-state index in [-0.39, 0.29) is 11.4 Å². The van der Waals surface area contributed by atoms with Crippen molar-refractivity contribution < 1.29 is 9.53 Å². The molecule has 1 aromatic heterocycles. The molecule has 0 radical (unpaired) electrons. The number of ether oxygens (including phenoxy) is 1. The third-order valence-corrected chi connectivity index (χ3v) is 8.16. The molecule has 4 rings (SSSR count). The SMILES string of the molecule is COCCn1c(C)c(C)c2cc(C(=O)NCC3(N4CCSCC4)CCCC3)ccc21. The lowest BCUT2D eigenvalue weighted by Crippen LogP contribution is -2.56. The Hall–Kier alpha value is -1.50. The van der Waals surface area contributed by atoms with E-state index in [1.54, 1.807) is 7.11 Å². The maximum Gasteiger partial charge on any atom is 0.251 e. The molecule has 1 aliphatic heterocycles. The number of amides is 1. The molecule has 2 aliphatic rings. The number of nitrogens with one attached hydrogen (secondary N) is 1. The summed E-state index contributed by atoms with van der Waals surface area (Å²) in [6.07, 6.45) is 4.97. The van der Waals surface area contributed by atoms with Crippen LogP contribution in [-0.2, 0) is 11.3 Å². The number of hydrogen-bond acceptors (Lipinski definition) is 4. The van der Waals surface area contributed by atoms with Gasteiger partial charge in [-0.3, -0.25) is 9.69 Å². The summed E-state index contributed by atoms with van der Waals surface area (Å²) in [6, 6.07) is 6.13. The number of fused-ring (bicyclic) bond motifs is 1. The van der Waals surface area contributed by atoms with E-state index in [9.17, 15) is 4.79 Å². The van der Waals surface area contributed by atoms with Crippen molar-refractivity contribution in [3.05, 3.63) is 35.0 Å². The van der Waals surface area contributed by atoms with E-state index in [0.717, 1.165) is 31.7 Å². The Bertz CT molecular complexity index is 895. The zero-order valence-electron chi connectivity index (χ0n) is 18.6. The molecule has 6 heteroatoms. The topological polar surface area (TPSA) is 46.5 Å². The van der Waals surface area contributed by atoms with Crippen molar-refractivity contribution >= 4 is 28.6 Å². The molecule has 1 amide bonds. The summed E-state index contributed by atoms with van der Waals surface area (Å²) in [6.45, 7) is 8.87. The standard InChI is InChI=1S/C24H35N3O2S/c1-18-19(2)27(10-13-29-3)22-7-6-20(16-21(18)22)23(28)25-17-24(8-4-5-9-24)26-11-14-30-15-12-26/h6-7,16H,4-5,8-15,17H2,1-3H3,(H,25,28). The molecule has 5 nitrogen and oxygen atoms in total. The van der Waals surface area contributed by atoms with Gasteiger partial charge in [-0.25, -0.2) is 0 Å². The number of nitrogens with zero attached hydrogens (tertiary/aromatic N) is 2. The number of methoxy groups -OCH3 is 1. The highest BCUT2D eigenvalue weighted by atomic mass is 32.2. The molecule has 0 unspecified atom stereocenters. The van der Waals surface area contributed by atoms with Crippen molar-refractivity contribution in [1.29, 1.82) is 0 Å². The van der Waals surface area contributed by atoms with E-state index < -0.39 is 0 Å². The molecule has 1 aromatic carbocycles. The van der Waals surface area contributed by atoms with Crippen LogP contribution in [0.4, 0.5) is 0 Å². The molecule has 0 bridgehead atoms. The molecule has 1 saturated heterocycles. The van der Waals surface area contributed by atoms with Crippen LogP contribution >= 0.6 is 11.8 Å². The van der Waals surface area contributed by atoms with Gasteiger partial charge in [0.15, 0.2) is 0 Å². The molecule has 2 heterocycles. The van der Waals surface area contributed by atoms with Crippen molar-refractivity contribution in [3.8, 4) is 0 Å². The second-order valence-corrected chi connectivity index (χ2v) is 10.0. The highest BCUT2D eigenvalue weighted by Crippen LogP contribution is 2.36. The number of rotatable bonds is 7. The van der Waals surface area contributed by atoms with Gasteiger partial charge in [0.1, 0.15) is 0 Å². The largest absolute Gasteiger partial charge is 0.383 e. The third-order valence-electron chi connectivity index (χ3n) is 7.21. The number of carbonyl (C=O) groups is 1. The summed E-state index contributed by atoms with van der Waals surface area (Å²) in [5.41, 5.74) is 4.59. The first-order chi connectivity index (χ1) is 14.6. The monoisotopic (exact) mass is 429 g/mol. The fraction of sp³-hybridized carbons (Fsp3) is 0.625. The van der Waals surface area contributed by atoms with Gasteiger partial charge < -0.3 is 14.6 Å². The maximum atomic E-state index is 13.1. The van der Waals surface area contributed by atoms with E-state index in [1.165, 1.54) is 59.3 Å². The van der Waals surface area contributed by atoms with E-state index in [0.29, 0.717) is 6.61 Å². The minimum absolute atomic E-state index is 0.0521. The van der Waals surface area contributed by atoms with E-state index in [2.05, 4.69) is 40.8 Å². The van der Waals surface area contributed by atoms with Gasteiger partial charge in [-0.2, -0.15) is 11.8 Å². The molecule has 0 spiro atoms. The summed E-state index contributed by atoms with van der Waals surface area (Å²) >= 11 is 2.05. The molecule has 30 heavy (non-hydrogen) atoms. The Labute approximate surface area is 184 Å². The Kier molecular flexibility index (Phi) is 6.75. The second kappa shape index (κ2) is 9.33. The third kappa shape index (κ3) is 4.14. The fourth-order valence-electron chi connectivity index (χ4n) is 5.28.